The molecule has 150 valence electrons. The summed E-state index contributed by atoms with van der Waals surface area (Å²) < 4.78 is 5.07. The molecule has 0 saturated heterocycles. The summed E-state index contributed by atoms with van der Waals surface area (Å²) in [6, 6.07) is 12.3. The summed E-state index contributed by atoms with van der Waals surface area (Å²) in [6.45, 7) is 3.55. The van der Waals surface area contributed by atoms with E-state index in [1.807, 2.05) is 30.3 Å². The van der Waals surface area contributed by atoms with Crippen LogP contribution in [0.1, 0.15) is 45.1 Å². The zero-order chi connectivity index (χ0) is 20.7. The number of amides is 1. The van der Waals surface area contributed by atoms with E-state index in [1.165, 1.54) is 0 Å². The van der Waals surface area contributed by atoms with Crippen molar-refractivity contribution in [2.24, 2.45) is 0 Å². The third-order valence-electron chi connectivity index (χ3n) is 4.40. The summed E-state index contributed by atoms with van der Waals surface area (Å²) in [7, 11) is 0. The Kier molecular flexibility index (Phi) is 7.54. The first-order chi connectivity index (χ1) is 13.3. The van der Waals surface area contributed by atoms with Crippen molar-refractivity contribution in [1.82, 2.24) is 5.32 Å². The lowest BCUT2D eigenvalue weighted by Gasteiger charge is -2.20. The maximum Gasteiger partial charge on any atom is 0.407 e. The minimum atomic E-state index is -1.19. The number of ether oxygens (including phenoxy) is 1. The fourth-order valence-electron chi connectivity index (χ4n) is 2.98. The first kappa shape index (κ1) is 21.4. The second-order valence-corrected chi connectivity index (χ2v) is 6.62. The molecule has 4 N–H and O–H groups in total. The molecule has 0 saturated carbocycles. The molecule has 0 aromatic heterocycles. The monoisotopic (exact) mass is 387 g/mol. The van der Waals surface area contributed by atoms with Gasteiger partial charge in [-0.2, -0.15) is 0 Å². The zero-order valence-electron chi connectivity index (χ0n) is 15.9. The molecule has 0 aliphatic carbocycles. The smallest absolute Gasteiger partial charge is 0.407 e. The number of rotatable bonds is 8. The number of aliphatic hydroxyl groups is 2. The van der Waals surface area contributed by atoms with Crippen LogP contribution in [0.4, 0.5) is 4.79 Å². The Bertz CT molecular complexity index is 798. The van der Waals surface area contributed by atoms with Gasteiger partial charge in [0.15, 0.2) is 0 Å². The number of carbonyl (C=O) groups excluding carboxylic acids is 1. The van der Waals surface area contributed by atoms with E-state index in [-0.39, 0.29) is 25.1 Å². The summed E-state index contributed by atoms with van der Waals surface area (Å²) in [5.74, 6) is -1.03. The van der Waals surface area contributed by atoms with Gasteiger partial charge in [-0.25, -0.2) is 9.59 Å². The molecule has 0 bridgehead atoms. The summed E-state index contributed by atoms with van der Waals surface area (Å²) in [6.07, 6.45) is -2.81. The molecule has 0 radical (unpaired) electrons. The number of carbonyl (C=O) groups is 2. The molecule has 1 amide bonds. The molecule has 7 heteroatoms. The minimum absolute atomic E-state index is 0.111. The predicted molar refractivity (Wildman–Crippen MR) is 103 cm³/mol. The van der Waals surface area contributed by atoms with Gasteiger partial charge < -0.3 is 25.4 Å². The van der Waals surface area contributed by atoms with E-state index >= 15 is 0 Å². The standard InChI is InChI=1S/C21H25NO6/c1-13-10-16(11-14(2)18(13)20(25)26)19(24)17(23)8-9-22-21(27)28-12-15-6-4-3-5-7-15/h3-7,10-11,17,19,23-24H,8-9,12H2,1-2H3,(H,22,27)(H,25,26). The van der Waals surface area contributed by atoms with Crippen LogP contribution in [0.3, 0.4) is 0 Å². The summed E-state index contributed by atoms with van der Waals surface area (Å²) in [4.78, 5) is 22.9. The minimum Gasteiger partial charge on any atom is -0.478 e. The Morgan fingerprint density at radius 1 is 1.07 bits per heavy atom. The molecule has 2 aromatic carbocycles. The maximum absolute atomic E-state index is 11.7. The zero-order valence-corrected chi connectivity index (χ0v) is 15.9. The van der Waals surface area contributed by atoms with Crippen LogP contribution >= 0.6 is 0 Å². The molecule has 28 heavy (non-hydrogen) atoms. The lowest BCUT2D eigenvalue weighted by Crippen LogP contribution is -2.29. The Balaban J connectivity index is 1.83. The predicted octanol–water partition coefficient (Wildman–Crippen LogP) is 2.71. The van der Waals surface area contributed by atoms with Gasteiger partial charge in [0.05, 0.1) is 11.7 Å². The molecular formula is C21H25NO6. The summed E-state index contributed by atoms with van der Waals surface area (Å²) in [5, 5.41) is 32.3. The molecule has 2 atom stereocenters. The number of aryl methyl sites for hydroxylation is 2. The van der Waals surface area contributed by atoms with Crippen molar-refractivity contribution >= 4 is 12.1 Å². The van der Waals surface area contributed by atoms with Crippen LogP contribution in [0.15, 0.2) is 42.5 Å². The first-order valence-electron chi connectivity index (χ1n) is 8.94. The molecule has 0 heterocycles. The normalized spacial score (nSPS) is 12.9. The Morgan fingerprint density at radius 3 is 2.25 bits per heavy atom. The van der Waals surface area contributed by atoms with Crippen molar-refractivity contribution in [2.45, 2.75) is 39.1 Å². The molecule has 2 unspecified atom stereocenters. The van der Waals surface area contributed by atoms with Crippen LogP contribution < -0.4 is 5.32 Å². The lowest BCUT2D eigenvalue weighted by molar-refractivity contribution is 0.0135. The van der Waals surface area contributed by atoms with Crippen LogP contribution in [0.5, 0.6) is 0 Å². The largest absolute Gasteiger partial charge is 0.478 e. The molecular weight excluding hydrogens is 362 g/mol. The van der Waals surface area contributed by atoms with E-state index < -0.39 is 24.3 Å². The average Bonchev–Trinajstić information content (AvgIpc) is 2.65. The lowest BCUT2D eigenvalue weighted by atomic mass is 9.94. The van der Waals surface area contributed by atoms with Gasteiger partial charge in [0.25, 0.3) is 0 Å². The number of benzene rings is 2. The maximum atomic E-state index is 11.7. The van der Waals surface area contributed by atoms with Crippen molar-refractivity contribution in [3.63, 3.8) is 0 Å². The van der Waals surface area contributed by atoms with E-state index in [4.69, 9.17) is 4.74 Å². The number of aliphatic hydroxyl groups excluding tert-OH is 2. The van der Waals surface area contributed by atoms with Crippen molar-refractivity contribution in [3.8, 4) is 0 Å². The number of aromatic carboxylic acids is 1. The highest BCUT2D eigenvalue weighted by Gasteiger charge is 2.21. The van der Waals surface area contributed by atoms with Crippen molar-refractivity contribution in [3.05, 3.63) is 70.3 Å². The van der Waals surface area contributed by atoms with Gasteiger partial charge in [-0.15, -0.1) is 0 Å². The van der Waals surface area contributed by atoms with Crippen molar-refractivity contribution in [1.29, 1.82) is 0 Å². The van der Waals surface area contributed by atoms with Crippen LogP contribution in [-0.4, -0.2) is 40.0 Å². The van der Waals surface area contributed by atoms with Crippen molar-refractivity contribution < 1.29 is 29.6 Å². The van der Waals surface area contributed by atoms with Gasteiger partial charge >= 0.3 is 12.1 Å². The van der Waals surface area contributed by atoms with Crippen LogP contribution in [-0.2, 0) is 11.3 Å². The molecule has 7 nitrogen and oxygen atoms in total. The number of hydrogen-bond donors (Lipinski definition) is 4. The highest BCUT2D eigenvalue weighted by Crippen LogP contribution is 2.24. The number of hydrogen-bond acceptors (Lipinski definition) is 5. The number of nitrogens with one attached hydrogen (secondary N) is 1. The Morgan fingerprint density at radius 2 is 1.68 bits per heavy atom. The first-order valence-corrected chi connectivity index (χ1v) is 8.94. The van der Waals surface area contributed by atoms with E-state index in [0.29, 0.717) is 16.7 Å². The van der Waals surface area contributed by atoms with Gasteiger partial charge in [0.2, 0.25) is 0 Å². The average molecular weight is 387 g/mol. The Labute approximate surface area is 163 Å². The highest BCUT2D eigenvalue weighted by molar-refractivity contribution is 5.91. The van der Waals surface area contributed by atoms with Gasteiger partial charge in [0, 0.05) is 6.54 Å². The molecule has 0 aliphatic rings. The third-order valence-corrected chi connectivity index (χ3v) is 4.40. The third kappa shape index (κ3) is 5.80. The van der Waals surface area contributed by atoms with Gasteiger partial charge in [-0.3, -0.25) is 0 Å². The molecule has 0 fully saturated rings. The van der Waals surface area contributed by atoms with E-state index in [2.05, 4.69) is 5.32 Å². The van der Waals surface area contributed by atoms with E-state index in [1.54, 1.807) is 26.0 Å². The molecule has 0 spiro atoms. The van der Waals surface area contributed by atoms with Gasteiger partial charge in [-0.05, 0) is 42.5 Å². The van der Waals surface area contributed by atoms with Crippen LogP contribution in [0.2, 0.25) is 0 Å². The van der Waals surface area contributed by atoms with E-state index in [9.17, 15) is 24.9 Å². The summed E-state index contributed by atoms with van der Waals surface area (Å²) in [5.41, 5.74) is 2.50. The van der Waals surface area contributed by atoms with Crippen LogP contribution in [0.25, 0.3) is 0 Å². The van der Waals surface area contributed by atoms with Gasteiger partial charge in [-0.1, -0.05) is 42.5 Å². The fourth-order valence-corrected chi connectivity index (χ4v) is 2.98. The number of alkyl carbamates (subject to hydrolysis) is 1. The second-order valence-electron chi connectivity index (χ2n) is 6.62. The fraction of sp³-hybridized carbons (Fsp3) is 0.333. The SMILES string of the molecule is Cc1cc(C(O)C(O)CCNC(=O)OCc2ccccc2)cc(C)c1C(=O)O. The quantitative estimate of drug-likeness (QED) is 0.553. The molecule has 2 aromatic rings. The highest BCUT2D eigenvalue weighted by atomic mass is 16.5. The van der Waals surface area contributed by atoms with Crippen LogP contribution in [0, 0.1) is 13.8 Å². The number of carboxylic acids is 1. The Hall–Kier alpha value is -2.90. The van der Waals surface area contributed by atoms with Gasteiger partial charge in [0.1, 0.15) is 12.7 Å². The second kappa shape index (κ2) is 9.87. The topological polar surface area (TPSA) is 116 Å². The molecule has 0 aliphatic heterocycles. The van der Waals surface area contributed by atoms with E-state index in [0.717, 1.165) is 5.56 Å². The van der Waals surface area contributed by atoms with Crippen molar-refractivity contribution in [2.75, 3.05) is 6.54 Å². The number of carboxylic acid groups (broad SMARTS) is 1. The summed E-state index contributed by atoms with van der Waals surface area (Å²) >= 11 is 0. The molecule has 2 rings (SSSR count).